The first-order chi connectivity index (χ1) is 27.9. The monoisotopic (exact) mass is 859 g/mol. The number of benzene rings is 2. The van der Waals surface area contributed by atoms with Gasteiger partial charge in [0, 0.05) is 77.2 Å². The van der Waals surface area contributed by atoms with Crippen molar-refractivity contribution < 1.29 is 57.7 Å². The van der Waals surface area contributed by atoms with Gasteiger partial charge in [0.15, 0.2) is 8.38 Å². The number of hydrogen-bond acceptors (Lipinski definition) is 11. The van der Waals surface area contributed by atoms with Crippen LogP contribution in [0.4, 0.5) is 0 Å². The zero-order valence-corrected chi connectivity index (χ0v) is 35.2. The van der Waals surface area contributed by atoms with Gasteiger partial charge in [-0.15, -0.1) is 5.06 Å². The minimum atomic E-state index is -4.22. The van der Waals surface area contributed by atoms with Crippen LogP contribution < -0.4 is 16.0 Å². The van der Waals surface area contributed by atoms with Crippen LogP contribution in [0.5, 0.6) is 0 Å². The molecule has 1 aliphatic rings. The largest absolute Gasteiger partial charge is 0.392 e. The molecule has 1 saturated heterocycles. The number of nitrogens with zero attached hydrogens (tertiary/aromatic N) is 2. The smallest absolute Gasteiger partial charge is 0.333 e. The van der Waals surface area contributed by atoms with Crippen molar-refractivity contribution in [3.05, 3.63) is 107 Å². The highest BCUT2D eigenvalue weighted by atomic mass is 31.2. The molecule has 0 radical (unpaired) electrons. The highest BCUT2D eigenvalue weighted by Crippen LogP contribution is 2.39. The first kappa shape index (κ1) is 50.1. The van der Waals surface area contributed by atoms with Gasteiger partial charge in [-0.25, -0.2) is 4.79 Å². The van der Waals surface area contributed by atoms with Gasteiger partial charge in [-0.1, -0.05) is 79.4 Å². The van der Waals surface area contributed by atoms with Crippen molar-refractivity contribution in [2.24, 2.45) is 0 Å². The van der Waals surface area contributed by atoms with Gasteiger partial charge in [0.25, 0.3) is 11.8 Å². The highest BCUT2D eigenvalue weighted by Gasteiger charge is 2.32. The average Bonchev–Trinajstić information content (AvgIpc) is 3.47. The van der Waals surface area contributed by atoms with Crippen molar-refractivity contribution >= 4 is 51.5 Å². The van der Waals surface area contributed by atoms with Crippen LogP contribution in [0.25, 0.3) is 0 Å². The van der Waals surface area contributed by atoms with Gasteiger partial charge in [-0.05, 0) is 35.6 Å². The second-order valence-electron chi connectivity index (χ2n) is 13.6. The van der Waals surface area contributed by atoms with Gasteiger partial charge in [0.2, 0.25) is 17.7 Å². The Hall–Kier alpha value is -5.02. The van der Waals surface area contributed by atoms with E-state index >= 15 is 0 Å². The van der Waals surface area contributed by atoms with E-state index in [4.69, 9.17) is 24.4 Å². The normalized spacial score (nSPS) is 12.7. The lowest BCUT2D eigenvalue weighted by molar-refractivity contribution is -0.197. The molecule has 0 atom stereocenters. The fourth-order valence-corrected chi connectivity index (χ4v) is 6.70. The van der Waals surface area contributed by atoms with Crippen LogP contribution in [0.15, 0.2) is 85.1 Å². The summed E-state index contributed by atoms with van der Waals surface area (Å²) in [5, 5.41) is 8.89. The lowest BCUT2D eigenvalue weighted by Gasteiger charge is -2.23. The minimum Gasteiger partial charge on any atom is -0.392 e. The van der Waals surface area contributed by atoms with Gasteiger partial charge in [-0.2, -0.15) is 0 Å². The van der Waals surface area contributed by atoms with Crippen LogP contribution in [-0.4, -0.2) is 98.3 Å². The summed E-state index contributed by atoms with van der Waals surface area (Å²) in [6.45, 7) is 9.83. The second kappa shape index (κ2) is 26.2. The predicted molar refractivity (Wildman–Crippen MR) is 222 cm³/mol. The Balaban J connectivity index is 0.00000106. The van der Waals surface area contributed by atoms with Gasteiger partial charge < -0.3 is 45.3 Å². The third kappa shape index (κ3) is 21.5. The molecule has 1 aliphatic heterocycles. The summed E-state index contributed by atoms with van der Waals surface area (Å²) in [6.07, 6.45) is 4.11. The van der Waals surface area contributed by atoms with E-state index in [9.17, 15) is 33.3 Å². The molecule has 0 aromatic heterocycles. The fourth-order valence-electron chi connectivity index (χ4n) is 5.48. The third-order valence-electron chi connectivity index (χ3n) is 8.47. The summed E-state index contributed by atoms with van der Waals surface area (Å²) < 4.78 is 11.2. The molecular formula is C40H55N5O12P2. The van der Waals surface area contributed by atoms with E-state index in [1.54, 1.807) is 42.5 Å². The number of rotatable bonds is 23. The molecule has 2 aromatic carbocycles. The molecular weight excluding hydrogens is 804 g/mol. The van der Waals surface area contributed by atoms with Crippen molar-refractivity contribution in [1.29, 1.82) is 0 Å². The summed E-state index contributed by atoms with van der Waals surface area (Å²) in [5.41, 5.74) is 4.79. The van der Waals surface area contributed by atoms with Crippen molar-refractivity contribution in [3.63, 3.8) is 0 Å². The number of hydrogen-bond donors (Lipinski definition) is 7. The molecule has 7 N–H and O–H groups in total. The predicted octanol–water partition coefficient (Wildman–Crippen LogP) is 3.03. The summed E-state index contributed by atoms with van der Waals surface area (Å²) in [4.78, 5) is 116. The van der Waals surface area contributed by atoms with Crippen molar-refractivity contribution in [2.75, 3.05) is 33.2 Å². The Bertz CT molecular complexity index is 1830. The molecule has 17 nitrogen and oxygen atoms in total. The van der Waals surface area contributed by atoms with Crippen molar-refractivity contribution in [2.45, 2.75) is 70.6 Å². The van der Waals surface area contributed by atoms with Gasteiger partial charge in [0.05, 0.1) is 19.0 Å². The molecule has 0 unspecified atom stereocenters. The molecule has 322 valence electrons. The van der Waals surface area contributed by atoms with Crippen molar-refractivity contribution in [1.82, 2.24) is 25.9 Å². The number of amides is 5. The zero-order chi connectivity index (χ0) is 44.0. The average molecular weight is 860 g/mol. The lowest BCUT2D eigenvalue weighted by atomic mass is 10.1. The quantitative estimate of drug-likeness (QED) is 0.0483. The summed E-state index contributed by atoms with van der Waals surface area (Å²) in [5.74, 6) is -3.08. The molecule has 2 aromatic rings. The van der Waals surface area contributed by atoms with Crippen molar-refractivity contribution in [3.8, 4) is 0 Å². The summed E-state index contributed by atoms with van der Waals surface area (Å²) in [6, 6.07) is 13.1. The molecule has 0 bridgehead atoms. The van der Waals surface area contributed by atoms with Crippen LogP contribution >= 0.6 is 16.0 Å². The van der Waals surface area contributed by atoms with E-state index in [2.05, 4.69) is 36.0 Å². The maximum atomic E-state index is 13.1. The Morgan fingerprint density at radius 2 is 1.36 bits per heavy atom. The van der Waals surface area contributed by atoms with Gasteiger partial charge in [-0.3, -0.25) is 28.5 Å². The molecule has 19 heteroatoms. The number of nitrogens with one attached hydrogen (secondary N) is 3. The van der Waals surface area contributed by atoms with Crippen LogP contribution in [0, 0.1) is 0 Å². The summed E-state index contributed by atoms with van der Waals surface area (Å²) >= 11 is 0. The number of hydroxylamine groups is 2. The van der Waals surface area contributed by atoms with E-state index < -0.39 is 39.9 Å². The SMILES string of the molecule is C=C/C=C(\C)CC(=C)NC.O=C(Cc1ccc(CP(O)O)cc1)NCCN(CCNC(=O)Cc1ccc(CP(=O)(O)O)cc1)C(=O)CCCC(=O)ON1C(=O)CCC1=O. The van der Waals surface area contributed by atoms with E-state index in [0.717, 1.165) is 17.7 Å². The maximum Gasteiger partial charge on any atom is 0.333 e. The number of carbonyl (C=O) groups is 6. The Morgan fingerprint density at radius 1 is 0.864 bits per heavy atom. The first-order valence-electron chi connectivity index (χ1n) is 18.8. The van der Waals surface area contributed by atoms with Crippen LogP contribution in [0.2, 0.25) is 0 Å². The Kier molecular flexibility index (Phi) is 22.2. The molecule has 59 heavy (non-hydrogen) atoms. The number of imide groups is 1. The molecule has 1 heterocycles. The van der Waals surface area contributed by atoms with Gasteiger partial charge >= 0.3 is 13.6 Å². The molecule has 0 aliphatic carbocycles. The number of allylic oxidation sites excluding steroid dienone is 3. The molecule has 0 saturated carbocycles. The second-order valence-corrected chi connectivity index (χ2v) is 16.3. The maximum absolute atomic E-state index is 13.1. The Labute approximate surface area is 345 Å². The van der Waals surface area contributed by atoms with Gasteiger partial charge in [0.1, 0.15) is 0 Å². The number of carbonyl (C=O) groups excluding carboxylic acids is 6. The fraction of sp³-hybridized carbons (Fsp3) is 0.400. The Morgan fingerprint density at radius 3 is 1.81 bits per heavy atom. The summed E-state index contributed by atoms with van der Waals surface area (Å²) in [7, 11) is -4.41. The zero-order valence-electron chi connectivity index (χ0n) is 33.4. The molecule has 1 fully saturated rings. The van der Waals surface area contributed by atoms with E-state index in [-0.39, 0.29) is 95.0 Å². The standard InChI is InChI=1S/C31H40N4O12P2.C9H15N/c36-26(18-22-4-8-24(9-5-22)20-48(42)43)32-14-16-34(28(38)2-1-3-31(41)47-35-29(39)12-13-30(35)40)17-15-33-27(37)19-23-6-10-25(11-7-23)21-49(44,45)46;1-5-6-8(2)7-9(3)10-4/h4-11,42-43H,1-3,12-21H2,(H,32,36)(H,33,37)(H2,44,45,46);5-6,10H,1,3,7H2,2,4H3/b;8-6+. The first-order valence-corrected chi connectivity index (χ1v) is 22.0. The lowest BCUT2D eigenvalue weighted by Crippen LogP contribution is -2.43. The van der Waals surface area contributed by atoms with E-state index in [0.29, 0.717) is 21.8 Å². The highest BCUT2D eigenvalue weighted by molar-refractivity contribution is 7.50. The molecule has 5 amide bonds. The van der Waals surface area contributed by atoms with Crippen LogP contribution in [0.3, 0.4) is 0 Å². The topological polar surface area (TPSA) is 252 Å². The minimum absolute atomic E-state index is 0.00715. The molecule has 3 rings (SSSR count). The van der Waals surface area contributed by atoms with Crippen LogP contribution in [0.1, 0.15) is 67.7 Å². The van der Waals surface area contributed by atoms with E-state index in [1.165, 1.54) is 22.6 Å². The third-order valence-corrected chi connectivity index (χ3v) is 9.89. The molecule has 0 spiro atoms. The van der Waals surface area contributed by atoms with Crippen LogP contribution in [-0.2, 0) is 63.3 Å². The van der Waals surface area contributed by atoms with E-state index in [1.807, 2.05) is 13.1 Å².